The third-order valence-corrected chi connectivity index (χ3v) is 3.92. The van der Waals surface area contributed by atoms with Crippen molar-refractivity contribution in [1.29, 1.82) is 0 Å². The Hall–Kier alpha value is -1.73. The van der Waals surface area contributed by atoms with E-state index in [0.717, 1.165) is 32.2 Å². The van der Waals surface area contributed by atoms with Crippen LogP contribution < -0.4 is 5.32 Å². The number of benzene rings is 1. The zero-order chi connectivity index (χ0) is 16.5. The van der Waals surface area contributed by atoms with E-state index in [4.69, 9.17) is 0 Å². The van der Waals surface area contributed by atoms with Crippen molar-refractivity contribution < 1.29 is 14.4 Å². The molecule has 122 valence electrons. The Balaban J connectivity index is 2.53. The van der Waals surface area contributed by atoms with Gasteiger partial charge in [0.05, 0.1) is 11.0 Å². The van der Waals surface area contributed by atoms with Crippen LogP contribution in [-0.4, -0.2) is 41.1 Å². The van der Waals surface area contributed by atoms with Crippen molar-refractivity contribution in [1.82, 2.24) is 10.2 Å². The molecule has 0 saturated carbocycles. The van der Waals surface area contributed by atoms with Crippen molar-refractivity contribution in [3.63, 3.8) is 0 Å². The van der Waals surface area contributed by atoms with E-state index in [1.165, 1.54) is 6.07 Å². The Bertz CT molecular complexity index is 566. The van der Waals surface area contributed by atoms with Crippen molar-refractivity contribution in [3.05, 3.63) is 33.6 Å². The summed E-state index contributed by atoms with van der Waals surface area (Å²) in [4.78, 5) is 12.5. The van der Waals surface area contributed by atoms with Crippen LogP contribution in [0.5, 0.6) is 5.75 Å². The Labute approximate surface area is 129 Å². The molecule has 1 heterocycles. The van der Waals surface area contributed by atoms with Gasteiger partial charge in [-0.1, -0.05) is 20.8 Å². The normalized spacial score (nSPS) is 18.2. The number of rotatable bonds is 3. The Morgan fingerprint density at radius 3 is 2.45 bits per heavy atom. The van der Waals surface area contributed by atoms with Crippen molar-refractivity contribution >= 4 is 5.69 Å². The maximum Gasteiger partial charge on any atom is 0.272 e. The van der Waals surface area contributed by atoms with Gasteiger partial charge in [0.15, 0.2) is 11.6 Å². The topological polar surface area (TPSA) is 78.6 Å². The molecule has 0 unspecified atom stereocenters. The van der Waals surface area contributed by atoms with Gasteiger partial charge in [-0.05, 0) is 5.41 Å². The SMILES string of the molecule is CC(C)(C)[C@@H](c1cc([N+](=O)[O-])cc(F)c1O)N1CCNCC1. The quantitative estimate of drug-likeness (QED) is 0.662. The minimum absolute atomic E-state index is 0.279. The van der Waals surface area contributed by atoms with Gasteiger partial charge in [-0.25, -0.2) is 4.39 Å². The molecule has 1 aliphatic rings. The third kappa shape index (κ3) is 3.36. The number of nitrogens with one attached hydrogen (secondary N) is 1. The van der Waals surface area contributed by atoms with Gasteiger partial charge in [-0.3, -0.25) is 15.0 Å². The number of halogens is 1. The molecule has 0 aromatic heterocycles. The Kier molecular flexibility index (Phi) is 4.67. The van der Waals surface area contributed by atoms with Crippen LogP contribution in [0.4, 0.5) is 10.1 Å². The number of hydrogen-bond donors (Lipinski definition) is 2. The summed E-state index contributed by atoms with van der Waals surface area (Å²) >= 11 is 0. The highest BCUT2D eigenvalue weighted by atomic mass is 19.1. The number of aromatic hydroxyl groups is 1. The van der Waals surface area contributed by atoms with Gasteiger partial charge >= 0.3 is 0 Å². The second-order valence-corrected chi connectivity index (χ2v) is 6.68. The van der Waals surface area contributed by atoms with Crippen molar-refractivity contribution in [2.24, 2.45) is 5.41 Å². The summed E-state index contributed by atoms with van der Waals surface area (Å²) in [5, 5.41) is 24.4. The van der Waals surface area contributed by atoms with E-state index < -0.39 is 16.5 Å². The van der Waals surface area contributed by atoms with Crippen molar-refractivity contribution in [2.45, 2.75) is 26.8 Å². The molecule has 2 rings (SSSR count). The highest BCUT2D eigenvalue weighted by Crippen LogP contribution is 2.43. The van der Waals surface area contributed by atoms with E-state index in [1.54, 1.807) is 0 Å². The first-order valence-electron chi connectivity index (χ1n) is 7.33. The highest BCUT2D eigenvalue weighted by Gasteiger charge is 2.36. The first-order chi connectivity index (χ1) is 10.2. The average molecular weight is 311 g/mol. The molecule has 2 N–H and O–H groups in total. The molecule has 1 aromatic carbocycles. The molecule has 22 heavy (non-hydrogen) atoms. The lowest BCUT2D eigenvalue weighted by Gasteiger charge is -2.42. The largest absolute Gasteiger partial charge is 0.505 e. The number of nitro benzene ring substituents is 1. The average Bonchev–Trinajstić information content (AvgIpc) is 2.43. The van der Waals surface area contributed by atoms with E-state index >= 15 is 0 Å². The minimum Gasteiger partial charge on any atom is -0.505 e. The van der Waals surface area contributed by atoms with E-state index in [-0.39, 0.29) is 22.7 Å². The number of non-ortho nitro benzene ring substituents is 1. The van der Waals surface area contributed by atoms with Gasteiger partial charge in [0, 0.05) is 43.9 Å². The molecule has 1 aromatic rings. The summed E-state index contributed by atoms with van der Waals surface area (Å²) in [5.41, 5.74) is -0.369. The molecular formula is C15H22FN3O3. The van der Waals surface area contributed by atoms with E-state index in [0.29, 0.717) is 0 Å². The number of phenolic OH excluding ortho intramolecular Hbond substituents is 1. The molecule has 7 heteroatoms. The Morgan fingerprint density at radius 1 is 1.36 bits per heavy atom. The highest BCUT2D eigenvalue weighted by molar-refractivity contribution is 5.46. The van der Waals surface area contributed by atoms with Gasteiger partial charge in [0.2, 0.25) is 0 Å². The molecule has 6 nitrogen and oxygen atoms in total. The first-order valence-corrected chi connectivity index (χ1v) is 7.33. The maximum absolute atomic E-state index is 13.9. The summed E-state index contributed by atoms with van der Waals surface area (Å²) in [5.74, 6) is -1.45. The number of nitro groups is 1. The van der Waals surface area contributed by atoms with Crippen LogP contribution in [0.25, 0.3) is 0 Å². The standard InChI is InChI=1S/C15H22FN3O3/c1-15(2,3)14(18-6-4-17-5-7-18)11-8-10(19(21)22)9-12(16)13(11)20/h8-9,14,17,20H,4-7H2,1-3H3/t14-/m1/s1. The van der Waals surface area contributed by atoms with Crippen LogP contribution in [-0.2, 0) is 0 Å². The third-order valence-electron chi connectivity index (χ3n) is 3.92. The molecule has 0 spiro atoms. The predicted molar refractivity (Wildman–Crippen MR) is 81.4 cm³/mol. The van der Waals surface area contributed by atoms with Crippen LogP contribution in [0, 0.1) is 21.3 Å². The fourth-order valence-electron chi connectivity index (χ4n) is 3.07. The monoisotopic (exact) mass is 311 g/mol. The van der Waals surface area contributed by atoms with Gasteiger partial charge in [0.25, 0.3) is 5.69 Å². The first kappa shape index (κ1) is 16.6. The van der Waals surface area contributed by atoms with Gasteiger partial charge < -0.3 is 10.4 Å². The summed E-state index contributed by atoms with van der Waals surface area (Å²) in [6.45, 7) is 9.02. The molecular weight excluding hydrogens is 289 g/mol. The van der Waals surface area contributed by atoms with Gasteiger partial charge in [-0.2, -0.15) is 0 Å². The Morgan fingerprint density at radius 2 is 1.95 bits per heavy atom. The lowest BCUT2D eigenvalue weighted by Crippen LogP contribution is -2.48. The number of hydrogen-bond acceptors (Lipinski definition) is 5. The molecule has 0 amide bonds. The fraction of sp³-hybridized carbons (Fsp3) is 0.600. The van der Waals surface area contributed by atoms with Crippen LogP contribution in [0.1, 0.15) is 32.4 Å². The van der Waals surface area contributed by atoms with Crippen LogP contribution in [0.3, 0.4) is 0 Å². The molecule has 1 aliphatic heterocycles. The minimum atomic E-state index is -0.950. The zero-order valence-corrected chi connectivity index (χ0v) is 13.1. The number of piperazine rings is 1. The number of nitrogens with zero attached hydrogens (tertiary/aromatic N) is 2. The smallest absolute Gasteiger partial charge is 0.272 e. The molecule has 1 fully saturated rings. The summed E-state index contributed by atoms with van der Waals surface area (Å²) < 4.78 is 13.9. The molecule has 0 bridgehead atoms. The van der Waals surface area contributed by atoms with E-state index in [9.17, 15) is 19.6 Å². The lowest BCUT2D eigenvalue weighted by atomic mass is 9.80. The second kappa shape index (κ2) is 6.18. The zero-order valence-electron chi connectivity index (χ0n) is 13.1. The fourth-order valence-corrected chi connectivity index (χ4v) is 3.07. The summed E-state index contributed by atoms with van der Waals surface area (Å²) in [7, 11) is 0. The van der Waals surface area contributed by atoms with E-state index in [1.807, 2.05) is 20.8 Å². The van der Waals surface area contributed by atoms with Crippen molar-refractivity contribution in [3.8, 4) is 5.75 Å². The van der Waals surface area contributed by atoms with Crippen LogP contribution >= 0.6 is 0 Å². The van der Waals surface area contributed by atoms with Crippen LogP contribution in [0.2, 0.25) is 0 Å². The molecule has 1 saturated heterocycles. The summed E-state index contributed by atoms with van der Waals surface area (Å²) in [6, 6.07) is 1.75. The molecule has 0 radical (unpaired) electrons. The maximum atomic E-state index is 13.9. The van der Waals surface area contributed by atoms with E-state index in [2.05, 4.69) is 10.2 Å². The summed E-state index contributed by atoms with van der Waals surface area (Å²) in [6.07, 6.45) is 0. The van der Waals surface area contributed by atoms with Gasteiger partial charge in [0.1, 0.15) is 0 Å². The molecule has 1 atom stereocenters. The van der Waals surface area contributed by atoms with Crippen molar-refractivity contribution in [2.75, 3.05) is 26.2 Å². The van der Waals surface area contributed by atoms with Crippen LogP contribution in [0.15, 0.2) is 12.1 Å². The second-order valence-electron chi connectivity index (χ2n) is 6.68. The van der Waals surface area contributed by atoms with Gasteiger partial charge in [-0.15, -0.1) is 0 Å². The predicted octanol–water partition coefficient (Wildman–Crippen LogP) is 2.43. The lowest BCUT2D eigenvalue weighted by molar-refractivity contribution is -0.385. The number of phenols is 1. The molecule has 0 aliphatic carbocycles.